The maximum atomic E-state index is 12.9. The van der Waals surface area contributed by atoms with Crippen LogP contribution >= 0.6 is 0 Å². The average Bonchev–Trinajstić information content (AvgIpc) is 2.38. The van der Waals surface area contributed by atoms with Crippen LogP contribution in [0.15, 0.2) is 0 Å². The molecule has 0 spiro atoms. The second-order valence-corrected chi connectivity index (χ2v) is 7.13. The Balaban J connectivity index is 2.72. The second kappa shape index (κ2) is 6.42. The van der Waals surface area contributed by atoms with Gasteiger partial charge in [0, 0.05) is 0 Å². The molecule has 1 saturated carbocycles. The molecule has 1 aliphatic carbocycles. The second-order valence-electron chi connectivity index (χ2n) is 7.13. The number of rotatable bonds is 5. The molecule has 0 aromatic rings. The van der Waals surface area contributed by atoms with E-state index in [1.807, 2.05) is 20.8 Å². The third-order valence-corrected chi connectivity index (χ3v) is 5.36. The quantitative estimate of drug-likeness (QED) is 0.584. The standard InChI is InChI=1S/C15H27F3O3/c1-5-13(2,3)12(21-20)10-6-8-11(9-7-10)14(4,19)15(16,17)18/h10-12,19-20H,5-9H2,1-4H3. The van der Waals surface area contributed by atoms with Gasteiger partial charge in [-0.05, 0) is 56.3 Å². The highest BCUT2D eigenvalue weighted by Crippen LogP contribution is 2.46. The van der Waals surface area contributed by atoms with E-state index in [2.05, 4.69) is 4.89 Å². The van der Waals surface area contributed by atoms with E-state index < -0.39 is 17.7 Å². The van der Waals surface area contributed by atoms with Gasteiger partial charge in [-0.25, -0.2) is 4.89 Å². The van der Waals surface area contributed by atoms with Crippen molar-refractivity contribution in [2.24, 2.45) is 17.3 Å². The topological polar surface area (TPSA) is 49.7 Å². The predicted octanol–water partition coefficient (Wildman–Crippen LogP) is 4.40. The molecule has 0 aromatic carbocycles. The zero-order valence-corrected chi connectivity index (χ0v) is 13.2. The molecule has 0 saturated heterocycles. The summed E-state index contributed by atoms with van der Waals surface area (Å²) in [6.07, 6.45) is -2.58. The van der Waals surface area contributed by atoms with E-state index >= 15 is 0 Å². The van der Waals surface area contributed by atoms with Crippen molar-refractivity contribution in [3.63, 3.8) is 0 Å². The molecule has 0 aromatic heterocycles. The SMILES string of the molecule is CCC(C)(C)C(OO)C1CCC(C(C)(O)C(F)(F)F)CC1. The van der Waals surface area contributed by atoms with Crippen LogP contribution in [0.3, 0.4) is 0 Å². The highest BCUT2D eigenvalue weighted by Gasteiger charge is 2.55. The van der Waals surface area contributed by atoms with Crippen LogP contribution in [-0.2, 0) is 4.89 Å². The van der Waals surface area contributed by atoms with Gasteiger partial charge in [-0.2, -0.15) is 13.2 Å². The molecule has 6 heteroatoms. The Hall–Kier alpha value is -0.330. The summed E-state index contributed by atoms with van der Waals surface area (Å²) in [5.41, 5.74) is -2.88. The van der Waals surface area contributed by atoms with Gasteiger partial charge < -0.3 is 5.11 Å². The molecule has 2 atom stereocenters. The van der Waals surface area contributed by atoms with Crippen LogP contribution in [0, 0.1) is 17.3 Å². The van der Waals surface area contributed by atoms with Crippen LogP contribution in [0.25, 0.3) is 0 Å². The molecule has 0 aliphatic heterocycles. The maximum absolute atomic E-state index is 12.9. The zero-order chi connectivity index (χ0) is 16.5. The van der Waals surface area contributed by atoms with Gasteiger partial charge in [0.2, 0.25) is 0 Å². The summed E-state index contributed by atoms with van der Waals surface area (Å²) >= 11 is 0. The predicted molar refractivity (Wildman–Crippen MR) is 73.7 cm³/mol. The van der Waals surface area contributed by atoms with E-state index in [9.17, 15) is 23.5 Å². The highest BCUT2D eigenvalue weighted by molar-refractivity contribution is 4.94. The van der Waals surface area contributed by atoms with Crippen molar-refractivity contribution in [2.45, 2.75) is 77.7 Å². The van der Waals surface area contributed by atoms with Gasteiger partial charge >= 0.3 is 6.18 Å². The van der Waals surface area contributed by atoms with E-state index in [1.165, 1.54) is 0 Å². The Morgan fingerprint density at radius 1 is 1.10 bits per heavy atom. The first-order valence-electron chi connectivity index (χ1n) is 7.56. The fourth-order valence-electron chi connectivity index (χ4n) is 3.28. The summed E-state index contributed by atoms with van der Waals surface area (Å²) in [7, 11) is 0. The molecule has 21 heavy (non-hydrogen) atoms. The highest BCUT2D eigenvalue weighted by atomic mass is 19.4. The van der Waals surface area contributed by atoms with Gasteiger partial charge in [-0.3, -0.25) is 5.26 Å². The van der Waals surface area contributed by atoms with Crippen LogP contribution in [0.1, 0.15) is 59.8 Å². The van der Waals surface area contributed by atoms with Crippen LogP contribution in [0.4, 0.5) is 13.2 Å². The minimum absolute atomic E-state index is 0.0187. The van der Waals surface area contributed by atoms with Gasteiger partial charge in [0.05, 0.1) is 0 Å². The lowest BCUT2D eigenvalue weighted by Gasteiger charge is -2.43. The molecular formula is C15H27F3O3. The van der Waals surface area contributed by atoms with E-state index in [4.69, 9.17) is 0 Å². The first kappa shape index (κ1) is 18.7. The molecule has 1 fully saturated rings. The summed E-state index contributed by atoms with van der Waals surface area (Å²) in [5.74, 6) is -0.775. The molecular weight excluding hydrogens is 285 g/mol. The lowest BCUT2D eigenvalue weighted by molar-refractivity contribution is -0.319. The fourth-order valence-corrected chi connectivity index (χ4v) is 3.28. The molecule has 0 radical (unpaired) electrons. The maximum Gasteiger partial charge on any atom is 0.417 e. The largest absolute Gasteiger partial charge is 0.417 e. The zero-order valence-electron chi connectivity index (χ0n) is 13.2. The van der Waals surface area contributed by atoms with Crippen molar-refractivity contribution in [3.05, 3.63) is 0 Å². The van der Waals surface area contributed by atoms with Gasteiger partial charge in [-0.1, -0.05) is 20.8 Å². The third kappa shape index (κ3) is 3.90. The molecule has 3 nitrogen and oxygen atoms in total. The summed E-state index contributed by atoms with van der Waals surface area (Å²) < 4.78 is 38.6. The molecule has 0 heterocycles. The monoisotopic (exact) mass is 312 g/mol. The Labute approximate surface area is 124 Å². The minimum atomic E-state index is -4.61. The van der Waals surface area contributed by atoms with E-state index in [1.54, 1.807) is 0 Å². The van der Waals surface area contributed by atoms with Crippen molar-refractivity contribution in [1.82, 2.24) is 0 Å². The lowest BCUT2D eigenvalue weighted by atomic mass is 9.67. The van der Waals surface area contributed by atoms with Crippen LogP contribution in [0.5, 0.6) is 0 Å². The van der Waals surface area contributed by atoms with Gasteiger partial charge in [0.25, 0.3) is 0 Å². The fraction of sp³-hybridized carbons (Fsp3) is 1.00. The molecule has 126 valence electrons. The van der Waals surface area contributed by atoms with Crippen molar-refractivity contribution >= 4 is 0 Å². The van der Waals surface area contributed by atoms with Crippen LogP contribution in [-0.4, -0.2) is 28.2 Å². The van der Waals surface area contributed by atoms with E-state index in [0.29, 0.717) is 12.8 Å². The molecule has 2 N–H and O–H groups in total. The van der Waals surface area contributed by atoms with Gasteiger partial charge in [0.1, 0.15) is 6.10 Å². The van der Waals surface area contributed by atoms with Gasteiger partial charge in [0.15, 0.2) is 5.60 Å². The average molecular weight is 312 g/mol. The summed E-state index contributed by atoms with van der Waals surface area (Å²) in [5, 5.41) is 18.9. The molecule has 2 unspecified atom stereocenters. The smallest absolute Gasteiger partial charge is 0.380 e. The number of hydrogen-bond donors (Lipinski definition) is 2. The van der Waals surface area contributed by atoms with E-state index in [-0.39, 0.29) is 30.3 Å². The Morgan fingerprint density at radius 2 is 1.57 bits per heavy atom. The lowest BCUT2D eigenvalue weighted by Crippen LogP contribution is -2.50. The Morgan fingerprint density at radius 3 is 1.90 bits per heavy atom. The van der Waals surface area contributed by atoms with Crippen molar-refractivity contribution in [3.8, 4) is 0 Å². The molecule has 0 amide bonds. The van der Waals surface area contributed by atoms with Crippen molar-refractivity contribution < 1.29 is 28.4 Å². The van der Waals surface area contributed by atoms with Crippen molar-refractivity contribution in [1.29, 1.82) is 0 Å². The summed E-state index contributed by atoms with van der Waals surface area (Å²) in [6.45, 7) is 6.80. The summed E-state index contributed by atoms with van der Waals surface area (Å²) in [6, 6.07) is 0. The molecule has 1 rings (SSSR count). The normalized spacial score (nSPS) is 29.0. The Kier molecular flexibility index (Phi) is 5.73. The number of aliphatic hydroxyl groups is 1. The number of hydrogen-bond acceptors (Lipinski definition) is 3. The van der Waals surface area contributed by atoms with Crippen LogP contribution in [0.2, 0.25) is 0 Å². The Bertz CT molecular complexity index is 332. The molecule has 0 bridgehead atoms. The minimum Gasteiger partial charge on any atom is -0.380 e. The number of halogens is 3. The third-order valence-electron chi connectivity index (χ3n) is 5.36. The van der Waals surface area contributed by atoms with Gasteiger partial charge in [-0.15, -0.1) is 0 Å². The van der Waals surface area contributed by atoms with Crippen LogP contribution < -0.4 is 0 Å². The number of alkyl halides is 3. The summed E-state index contributed by atoms with van der Waals surface area (Å²) in [4.78, 5) is 4.65. The van der Waals surface area contributed by atoms with E-state index in [0.717, 1.165) is 13.3 Å². The first-order valence-corrected chi connectivity index (χ1v) is 7.56. The van der Waals surface area contributed by atoms with Crippen molar-refractivity contribution in [2.75, 3.05) is 0 Å². The molecule has 1 aliphatic rings. The first-order chi connectivity index (χ1) is 9.47.